The number of carbonyl (C=O) groups is 1. The van der Waals surface area contributed by atoms with Gasteiger partial charge < -0.3 is 9.73 Å². The molecule has 1 heterocycles. The maximum atomic E-state index is 11.7. The Kier molecular flexibility index (Phi) is 3.94. The molecular weight excluding hydrogens is 242 g/mol. The quantitative estimate of drug-likeness (QED) is 0.916. The molecule has 0 fully saturated rings. The maximum absolute atomic E-state index is 11.7. The van der Waals surface area contributed by atoms with Crippen molar-refractivity contribution < 1.29 is 9.21 Å². The van der Waals surface area contributed by atoms with Crippen molar-refractivity contribution in [2.75, 3.05) is 5.32 Å². The standard InChI is InChI=1S/C14H17N3O2/c1-9(2)7-13(18)15-12-6-4-5-11(8-12)14-17-16-10(3)19-14/h4-6,8-9H,7H2,1-3H3,(H,15,18). The number of aromatic nitrogens is 2. The monoisotopic (exact) mass is 259 g/mol. The van der Waals surface area contributed by atoms with Crippen molar-refractivity contribution in [3.8, 4) is 11.5 Å². The van der Waals surface area contributed by atoms with Crippen LogP contribution in [0.15, 0.2) is 28.7 Å². The third kappa shape index (κ3) is 3.64. The molecule has 5 heteroatoms. The van der Waals surface area contributed by atoms with Crippen LogP contribution in [0.4, 0.5) is 5.69 Å². The summed E-state index contributed by atoms with van der Waals surface area (Å²) in [5, 5.41) is 10.6. The number of aryl methyl sites for hydroxylation is 1. The summed E-state index contributed by atoms with van der Waals surface area (Å²) in [5.41, 5.74) is 1.53. The van der Waals surface area contributed by atoms with Crippen LogP contribution in [0.1, 0.15) is 26.2 Å². The molecule has 100 valence electrons. The Balaban J connectivity index is 2.13. The summed E-state index contributed by atoms with van der Waals surface area (Å²) in [6, 6.07) is 7.38. The zero-order valence-corrected chi connectivity index (χ0v) is 11.3. The van der Waals surface area contributed by atoms with Crippen LogP contribution in [0.25, 0.3) is 11.5 Å². The third-order valence-electron chi connectivity index (χ3n) is 2.51. The number of hydrogen-bond donors (Lipinski definition) is 1. The van der Waals surface area contributed by atoms with Crippen molar-refractivity contribution in [2.24, 2.45) is 5.92 Å². The molecule has 5 nitrogen and oxygen atoms in total. The van der Waals surface area contributed by atoms with Gasteiger partial charge in [0.05, 0.1) is 0 Å². The molecule has 0 bridgehead atoms. The van der Waals surface area contributed by atoms with Crippen molar-refractivity contribution in [3.63, 3.8) is 0 Å². The fraction of sp³-hybridized carbons (Fsp3) is 0.357. The first kappa shape index (κ1) is 13.3. The Morgan fingerprint density at radius 3 is 2.79 bits per heavy atom. The van der Waals surface area contributed by atoms with Gasteiger partial charge in [0, 0.05) is 24.6 Å². The van der Waals surface area contributed by atoms with Gasteiger partial charge in [-0.15, -0.1) is 10.2 Å². The highest BCUT2D eigenvalue weighted by molar-refractivity contribution is 5.91. The average Bonchev–Trinajstić information content (AvgIpc) is 2.75. The molecule has 0 aliphatic carbocycles. The van der Waals surface area contributed by atoms with Gasteiger partial charge in [-0.25, -0.2) is 0 Å². The number of carbonyl (C=O) groups excluding carboxylic acids is 1. The van der Waals surface area contributed by atoms with Gasteiger partial charge in [0.2, 0.25) is 17.7 Å². The Morgan fingerprint density at radius 2 is 2.16 bits per heavy atom. The largest absolute Gasteiger partial charge is 0.421 e. The van der Waals surface area contributed by atoms with Gasteiger partial charge >= 0.3 is 0 Å². The van der Waals surface area contributed by atoms with Gasteiger partial charge in [0.25, 0.3) is 0 Å². The second-order valence-electron chi connectivity index (χ2n) is 4.85. The number of benzene rings is 1. The summed E-state index contributed by atoms with van der Waals surface area (Å²) in [6.07, 6.45) is 0.504. The van der Waals surface area contributed by atoms with E-state index in [0.717, 1.165) is 11.3 Å². The van der Waals surface area contributed by atoms with Crippen molar-refractivity contribution in [1.29, 1.82) is 0 Å². The van der Waals surface area contributed by atoms with Crippen LogP contribution in [0.5, 0.6) is 0 Å². The van der Waals surface area contributed by atoms with Crippen LogP contribution in [-0.2, 0) is 4.79 Å². The molecule has 0 spiro atoms. The van der Waals surface area contributed by atoms with Crippen LogP contribution >= 0.6 is 0 Å². The van der Waals surface area contributed by atoms with Gasteiger partial charge in [-0.2, -0.15) is 0 Å². The first-order valence-corrected chi connectivity index (χ1v) is 6.25. The zero-order chi connectivity index (χ0) is 13.8. The minimum atomic E-state index is 0.00820. The van der Waals surface area contributed by atoms with Crippen LogP contribution < -0.4 is 5.32 Å². The number of nitrogens with zero attached hydrogens (tertiary/aromatic N) is 2. The fourth-order valence-electron chi connectivity index (χ4n) is 1.73. The lowest BCUT2D eigenvalue weighted by Gasteiger charge is -2.07. The predicted octanol–water partition coefficient (Wildman–Crippen LogP) is 3.03. The molecule has 1 aromatic heterocycles. The summed E-state index contributed by atoms with van der Waals surface area (Å²) < 4.78 is 5.36. The summed E-state index contributed by atoms with van der Waals surface area (Å²) in [6.45, 7) is 5.76. The Bertz CT molecular complexity index is 576. The fourth-order valence-corrected chi connectivity index (χ4v) is 1.73. The van der Waals surface area contributed by atoms with E-state index in [2.05, 4.69) is 15.5 Å². The highest BCUT2D eigenvalue weighted by atomic mass is 16.4. The van der Waals surface area contributed by atoms with Crippen molar-refractivity contribution >= 4 is 11.6 Å². The topological polar surface area (TPSA) is 68.0 Å². The molecule has 0 radical (unpaired) electrons. The number of rotatable bonds is 4. The molecule has 2 aromatic rings. The van der Waals surface area contributed by atoms with E-state index in [4.69, 9.17) is 4.42 Å². The summed E-state index contributed by atoms with van der Waals surface area (Å²) >= 11 is 0. The van der Waals surface area contributed by atoms with E-state index in [1.54, 1.807) is 6.92 Å². The van der Waals surface area contributed by atoms with Gasteiger partial charge in [0.15, 0.2) is 0 Å². The summed E-state index contributed by atoms with van der Waals surface area (Å²) in [7, 11) is 0. The first-order valence-electron chi connectivity index (χ1n) is 6.25. The van der Waals surface area contributed by atoms with Gasteiger partial charge in [-0.3, -0.25) is 4.79 Å². The minimum absolute atomic E-state index is 0.00820. The maximum Gasteiger partial charge on any atom is 0.247 e. The lowest BCUT2D eigenvalue weighted by atomic mass is 10.1. The molecule has 19 heavy (non-hydrogen) atoms. The van der Waals surface area contributed by atoms with E-state index in [1.807, 2.05) is 38.1 Å². The second-order valence-corrected chi connectivity index (χ2v) is 4.85. The molecule has 0 aliphatic heterocycles. The SMILES string of the molecule is Cc1nnc(-c2cccc(NC(=O)CC(C)C)c2)o1. The Labute approximate surface area is 112 Å². The van der Waals surface area contributed by atoms with E-state index in [9.17, 15) is 4.79 Å². The van der Waals surface area contributed by atoms with Crippen molar-refractivity contribution in [2.45, 2.75) is 27.2 Å². The molecule has 2 rings (SSSR count). The van der Waals surface area contributed by atoms with E-state index in [1.165, 1.54) is 0 Å². The second kappa shape index (κ2) is 5.65. The number of nitrogens with one attached hydrogen (secondary N) is 1. The van der Waals surface area contributed by atoms with Crippen LogP contribution in [0, 0.1) is 12.8 Å². The first-order chi connectivity index (χ1) is 9.04. The van der Waals surface area contributed by atoms with Gasteiger partial charge in [-0.1, -0.05) is 19.9 Å². The van der Waals surface area contributed by atoms with E-state index >= 15 is 0 Å². The van der Waals surface area contributed by atoms with Gasteiger partial charge in [-0.05, 0) is 24.1 Å². The smallest absolute Gasteiger partial charge is 0.247 e. The highest BCUT2D eigenvalue weighted by Crippen LogP contribution is 2.21. The molecule has 0 saturated heterocycles. The normalized spacial score (nSPS) is 10.7. The molecule has 0 unspecified atom stereocenters. The van der Waals surface area contributed by atoms with Crippen molar-refractivity contribution in [1.82, 2.24) is 10.2 Å². The Hall–Kier alpha value is -2.17. The van der Waals surface area contributed by atoms with Crippen molar-refractivity contribution in [3.05, 3.63) is 30.2 Å². The van der Waals surface area contributed by atoms with E-state index < -0.39 is 0 Å². The van der Waals surface area contributed by atoms with Crippen LogP contribution in [-0.4, -0.2) is 16.1 Å². The molecule has 1 N–H and O–H groups in total. The lowest BCUT2D eigenvalue weighted by molar-refractivity contribution is -0.116. The Morgan fingerprint density at radius 1 is 1.37 bits per heavy atom. The third-order valence-corrected chi connectivity index (χ3v) is 2.51. The minimum Gasteiger partial charge on any atom is -0.421 e. The lowest BCUT2D eigenvalue weighted by Crippen LogP contribution is -2.13. The van der Waals surface area contributed by atoms with Crippen LogP contribution in [0.3, 0.4) is 0 Å². The predicted molar refractivity (Wildman–Crippen MR) is 72.6 cm³/mol. The number of amides is 1. The van der Waals surface area contributed by atoms with E-state index in [-0.39, 0.29) is 5.91 Å². The summed E-state index contributed by atoms with van der Waals surface area (Å²) in [4.78, 5) is 11.7. The van der Waals surface area contributed by atoms with Gasteiger partial charge in [0.1, 0.15) is 0 Å². The van der Waals surface area contributed by atoms with Crippen LogP contribution in [0.2, 0.25) is 0 Å². The number of hydrogen-bond acceptors (Lipinski definition) is 4. The summed E-state index contributed by atoms with van der Waals surface area (Å²) in [5.74, 6) is 1.32. The zero-order valence-electron chi connectivity index (χ0n) is 11.3. The molecule has 1 amide bonds. The molecule has 0 atom stereocenters. The average molecular weight is 259 g/mol. The number of anilines is 1. The molecular formula is C14H17N3O2. The molecule has 0 aliphatic rings. The molecule has 0 saturated carbocycles. The molecule has 1 aromatic carbocycles. The van der Waals surface area contributed by atoms with E-state index in [0.29, 0.717) is 24.1 Å². The highest BCUT2D eigenvalue weighted by Gasteiger charge is 2.09.